The second-order valence-electron chi connectivity index (χ2n) is 5.03. The van der Waals surface area contributed by atoms with Crippen molar-refractivity contribution in [1.82, 2.24) is 5.43 Å². The Balaban J connectivity index is 2.00. The van der Waals surface area contributed by atoms with E-state index in [1.807, 2.05) is 44.2 Å². The highest BCUT2D eigenvalue weighted by atomic mass is 32.1. The van der Waals surface area contributed by atoms with Crippen molar-refractivity contribution >= 4 is 34.6 Å². The summed E-state index contributed by atoms with van der Waals surface area (Å²) >= 11 is 1.43. The molecule has 2 rings (SSSR count). The van der Waals surface area contributed by atoms with Gasteiger partial charge >= 0.3 is 0 Å². The van der Waals surface area contributed by atoms with Crippen molar-refractivity contribution in [2.45, 2.75) is 27.2 Å². The minimum absolute atomic E-state index is 0.0263. The first kappa shape index (κ1) is 16.9. The summed E-state index contributed by atoms with van der Waals surface area (Å²) in [5.74, 6) is -0.240. The van der Waals surface area contributed by atoms with E-state index < -0.39 is 0 Å². The van der Waals surface area contributed by atoms with Gasteiger partial charge in [-0.1, -0.05) is 19.1 Å². The average molecular weight is 329 g/mol. The van der Waals surface area contributed by atoms with Crippen molar-refractivity contribution in [2.75, 3.05) is 5.32 Å². The molecule has 0 fully saturated rings. The van der Waals surface area contributed by atoms with E-state index in [9.17, 15) is 9.59 Å². The number of hydrazone groups is 1. The van der Waals surface area contributed by atoms with Gasteiger partial charge in [0.2, 0.25) is 5.91 Å². The third-order valence-electron chi connectivity index (χ3n) is 3.20. The molecule has 5 nitrogen and oxygen atoms in total. The van der Waals surface area contributed by atoms with E-state index in [1.54, 1.807) is 13.0 Å². The molecule has 0 aliphatic rings. The molecular formula is C17H19N3O2S. The molecule has 1 aromatic carbocycles. The third-order valence-corrected chi connectivity index (χ3v) is 4.20. The summed E-state index contributed by atoms with van der Waals surface area (Å²) in [5.41, 5.74) is 4.87. The Kier molecular flexibility index (Phi) is 5.65. The number of hydrogen-bond donors (Lipinski definition) is 2. The molecule has 2 N–H and O–H groups in total. The predicted octanol–water partition coefficient (Wildman–Crippen LogP) is 3.56. The van der Waals surface area contributed by atoms with Gasteiger partial charge in [0.05, 0.1) is 10.6 Å². The van der Waals surface area contributed by atoms with Gasteiger partial charge in [-0.25, -0.2) is 5.43 Å². The van der Waals surface area contributed by atoms with Gasteiger partial charge in [0.25, 0.3) is 5.91 Å². The highest BCUT2D eigenvalue weighted by Crippen LogP contribution is 2.15. The number of aryl methyl sites for hydroxylation is 1. The van der Waals surface area contributed by atoms with Crippen LogP contribution >= 0.6 is 11.3 Å². The summed E-state index contributed by atoms with van der Waals surface area (Å²) < 4.78 is 0. The molecule has 0 saturated heterocycles. The number of anilines is 1. The summed E-state index contributed by atoms with van der Waals surface area (Å²) in [4.78, 5) is 25.0. The summed E-state index contributed by atoms with van der Waals surface area (Å²) in [7, 11) is 0. The number of carbonyl (C=O) groups is 2. The molecule has 0 radical (unpaired) electrons. The molecule has 0 unspecified atom stereocenters. The van der Waals surface area contributed by atoms with Crippen molar-refractivity contribution < 1.29 is 9.59 Å². The Labute approximate surface area is 139 Å². The molecule has 0 saturated carbocycles. The lowest BCUT2D eigenvalue weighted by Gasteiger charge is -2.05. The molecule has 0 spiro atoms. The van der Waals surface area contributed by atoms with Crippen molar-refractivity contribution in [3.8, 4) is 0 Å². The van der Waals surface area contributed by atoms with Crippen LogP contribution < -0.4 is 10.7 Å². The monoisotopic (exact) mass is 329 g/mol. The number of benzene rings is 1. The lowest BCUT2D eigenvalue weighted by atomic mass is 10.1. The topological polar surface area (TPSA) is 70.6 Å². The van der Waals surface area contributed by atoms with Crippen LogP contribution in [0.25, 0.3) is 0 Å². The number of carbonyl (C=O) groups excluding carboxylic acids is 2. The Morgan fingerprint density at radius 3 is 2.39 bits per heavy atom. The number of thiophene rings is 1. The second kappa shape index (κ2) is 7.69. The highest BCUT2D eigenvalue weighted by molar-refractivity contribution is 7.13. The van der Waals surface area contributed by atoms with Gasteiger partial charge in [0, 0.05) is 17.0 Å². The maximum atomic E-state index is 11.9. The van der Waals surface area contributed by atoms with Gasteiger partial charge in [0.15, 0.2) is 0 Å². The van der Waals surface area contributed by atoms with E-state index in [0.717, 1.165) is 16.1 Å². The maximum Gasteiger partial charge on any atom is 0.281 e. The number of nitrogens with zero attached hydrogens (tertiary/aromatic N) is 1. The first-order valence-corrected chi connectivity index (χ1v) is 8.12. The van der Waals surface area contributed by atoms with Gasteiger partial charge in [-0.15, -0.1) is 11.3 Å². The summed E-state index contributed by atoms with van der Waals surface area (Å²) in [5, 5.41) is 6.91. The van der Waals surface area contributed by atoms with Crippen molar-refractivity contribution in [2.24, 2.45) is 5.10 Å². The molecular weight excluding hydrogens is 310 g/mol. The zero-order valence-corrected chi connectivity index (χ0v) is 14.2. The SMILES string of the molecule is CCC(=O)Nc1ccc(/C(C)=N/NC(=O)c2ccc(C)s2)cc1. The van der Waals surface area contributed by atoms with Crippen molar-refractivity contribution in [1.29, 1.82) is 0 Å². The molecule has 23 heavy (non-hydrogen) atoms. The van der Waals surface area contributed by atoms with Crippen LogP contribution in [0.5, 0.6) is 0 Å². The van der Waals surface area contributed by atoms with Gasteiger partial charge in [0.1, 0.15) is 0 Å². The van der Waals surface area contributed by atoms with Crippen molar-refractivity contribution in [3.05, 3.63) is 51.7 Å². The molecule has 1 heterocycles. The molecule has 120 valence electrons. The zero-order valence-electron chi connectivity index (χ0n) is 13.3. The van der Waals surface area contributed by atoms with Gasteiger partial charge in [-0.2, -0.15) is 5.10 Å². The number of amides is 2. The first-order chi connectivity index (χ1) is 11.0. The fourth-order valence-electron chi connectivity index (χ4n) is 1.85. The molecule has 2 amide bonds. The molecule has 6 heteroatoms. The van der Waals surface area contributed by atoms with Crippen LogP contribution in [0.1, 0.15) is 40.4 Å². The predicted molar refractivity (Wildman–Crippen MR) is 94.1 cm³/mol. The standard InChI is InChI=1S/C17H19N3O2S/c1-4-16(21)18-14-8-6-13(7-9-14)12(3)19-20-17(22)15-10-5-11(2)23-15/h5-10H,4H2,1-3H3,(H,18,21)(H,20,22)/b19-12+. The van der Waals surface area contributed by atoms with Crippen LogP contribution in [-0.4, -0.2) is 17.5 Å². The summed E-state index contributed by atoms with van der Waals surface area (Å²) in [6.07, 6.45) is 0.441. The van der Waals surface area contributed by atoms with Crippen LogP contribution in [0, 0.1) is 6.92 Å². The fourth-order valence-corrected chi connectivity index (χ4v) is 2.61. The summed E-state index contributed by atoms with van der Waals surface area (Å²) in [6.45, 7) is 5.58. The Hall–Kier alpha value is -2.47. The lowest BCUT2D eigenvalue weighted by Crippen LogP contribution is -2.18. The number of hydrogen-bond acceptors (Lipinski definition) is 4. The third kappa shape index (κ3) is 4.75. The lowest BCUT2D eigenvalue weighted by molar-refractivity contribution is -0.115. The first-order valence-electron chi connectivity index (χ1n) is 7.31. The van der Waals surface area contributed by atoms with Crippen LogP contribution in [0.3, 0.4) is 0 Å². The Morgan fingerprint density at radius 2 is 1.83 bits per heavy atom. The highest BCUT2D eigenvalue weighted by Gasteiger charge is 2.07. The van der Waals surface area contributed by atoms with Crippen LogP contribution in [0.2, 0.25) is 0 Å². The molecule has 1 aromatic heterocycles. The summed E-state index contributed by atoms with van der Waals surface area (Å²) in [6, 6.07) is 11.0. The normalized spacial score (nSPS) is 11.2. The molecule has 0 atom stereocenters. The van der Waals surface area contributed by atoms with Gasteiger partial charge < -0.3 is 5.32 Å². The van der Waals surface area contributed by atoms with E-state index >= 15 is 0 Å². The van der Waals surface area contributed by atoms with Crippen molar-refractivity contribution in [3.63, 3.8) is 0 Å². The maximum absolute atomic E-state index is 11.9. The van der Waals surface area contributed by atoms with Gasteiger partial charge in [-0.3, -0.25) is 9.59 Å². The molecule has 0 aliphatic carbocycles. The molecule has 2 aromatic rings. The molecule has 0 aliphatic heterocycles. The van der Waals surface area contributed by atoms with E-state index in [0.29, 0.717) is 17.0 Å². The minimum Gasteiger partial charge on any atom is -0.326 e. The number of nitrogens with one attached hydrogen (secondary N) is 2. The van der Waals surface area contributed by atoms with E-state index in [-0.39, 0.29) is 11.8 Å². The van der Waals surface area contributed by atoms with E-state index in [1.165, 1.54) is 11.3 Å². The van der Waals surface area contributed by atoms with Gasteiger partial charge in [-0.05, 0) is 43.7 Å². The zero-order chi connectivity index (χ0) is 16.8. The van der Waals surface area contributed by atoms with E-state index in [2.05, 4.69) is 15.8 Å². The van der Waals surface area contributed by atoms with Crippen LogP contribution in [-0.2, 0) is 4.79 Å². The molecule has 0 bridgehead atoms. The quantitative estimate of drug-likeness (QED) is 0.650. The van der Waals surface area contributed by atoms with E-state index in [4.69, 9.17) is 0 Å². The Bertz CT molecular complexity index is 733. The van der Waals surface area contributed by atoms with Crippen LogP contribution in [0.4, 0.5) is 5.69 Å². The average Bonchev–Trinajstić information content (AvgIpc) is 2.99. The second-order valence-corrected chi connectivity index (χ2v) is 6.32. The Morgan fingerprint density at radius 1 is 1.13 bits per heavy atom. The minimum atomic E-state index is -0.214. The smallest absolute Gasteiger partial charge is 0.281 e. The van der Waals surface area contributed by atoms with Crippen LogP contribution in [0.15, 0.2) is 41.5 Å². The largest absolute Gasteiger partial charge is 0.326 e. The fraction of sp³-hybridized carbons (Fsp3) is 0.235. The number of rotatable bonds is 5.